The highest BCUT2D eigenvalue weighted by atomic mass is 16.6. The van der Waals surface area contributed by atoms with E-state index in [9.17, 15) is 14.4 Å². The summed E-state index contributed by atoms with van der Waals surface area (Å²) in [7, 11) is 0. The van der Waals surface area contributed by atoms with Gasteiger partial charge in [0.05, 0.1) is 0 Å². The van der Waals surface area contributed by atoms with Crippen molar-refractivity contribution in [2.75, 3.05) is 13.2 Å². The zero-order chi connectivity index (χ0) is 38.7. The summed E-state index contributed by atoms with van der Waals surface area (Å²) in [6.07, 6.45) is 43.8. The third-order valence-corrected chi connectivity index (χ3v) is 10.6. The summed E-state index contributed by atoms with van der Waals surface area (Å²) >= 11 is 0. The predicted molar refractivity (Wildman–Crippen MR) is 224 cm³/mol. The van der Waals surface area contributed by atoms with Gasteiger partial charge < -0.3 is 14.2 Å². The van der Waals surface area contributed by atoms with Crippen molar-refractivity contribution in [1.82, 2.24) is 0 Å². The van der Waals surface area contributed by atoms with Crippen molar-refractivity contribution in [2.24, 2.45) is 0 Å². The van der Waals surface area contributed by atoms with Gasteiger partial charge in [-0.3, -0.25) is 14.4 Å². The molecule has 1 atom stereocenters. The van der Waals surface area contributed by atoms with E-state index in [1.54, 1.807) is 0 Å². The van der Waals surface area contributed by atoms with E-state index in [2.05, 4.69) is 20.8 Å². The molecule has 0 spiro atoms. The molecule has 0 radical (unpaired) electrons. The van der Waals surface area contributed by atoms with Gasteiger partial charge >= 0.3 is 17.9 Å². The fraction of sp³-hybridized carbons (Fsp3) is 0.936. The van der Waals surface area contributed by atoms with Crippen molar-refractivity contribution >= 4 is 17.9 Å². The molecule has 0 saturated carbocycles. The zero-order valence-electron chi connectivity index (χ0n) is 35.8. The van der Waals surface area contributed by atoms with Crippen molar-refractivity contribution in [3.05, 3.63) is 0 Å². The number of esters is 3. The van der Waals surface area contributed by atoms with Crippen molar-refractivity contribution in [3.8, 4) is 0 Å². The molecule has 0 heterocycles. The first-order valence-electron chi connectivity index (χ1n) is 23.5. The summed E-state index contributed by atoms with van der Waals surface area (Å²) in [5.41, 5.74) is 0. The van der Waals surface area contributed by atoms with Crippen LogP contribution in [-0.4, -0.2) is 37.2 Å². The van der Waals surface area contributed by atoms with Gasteiger partial charge in [-0.1, -0.05) is 226 Å². The number of carbonyl (C=O) groups excluding carboxylic acids is 3. The third-order valence-electron chi connectivity index (χ3n) is 10.6. The highest BCUT2D eigenvalue weighted by Crippen LogP contribution is 2.16. The highest BCUT2D eigenvalue weighted by molar-refractivity contribution is 5.71. The van der Waals surface area contributed by atoms with E-state index in [1.165, 1.54) is 167 Å². The molecule has 0 amide bonds. The first-order chi connectivity index (χ1) is 26.0. The van der Waals surface area contributed by atoms with Crippen LogP contribution in [0.3, 0.4) is 0 Å². The van der Waals surface area contributed by atoms with Crippen LogP contribution < -0.4 is 0 Å². The molecule has 1 unspecified atom stereocenters. The Labute approximate surface area is 329 Å². The van der Waals surface area contributed by atoms with E-state index < -0.39 is 6.10 Å². The maximum absolute atomic E-state index is 12.7. The average Bonchev–Trinajstić information content (AvgIpc) is 3.15. The van der Waals surface area contributed by atoms with Crippen LogP contribution in [0.25, 0.3) is 0 Å². The third kappa shape index (κ3) is 41.4. The highest BCUT2D eigenvalue weighted by Gasteiger charge is 2.19. The fourth-order valence-electron chi connectivity index (χ4n) is 7.03. The number of ether oxygens (including phenoxy) is 3. The molecule has 0 N–H and O–H groups in total. The van der Waals surface area contributed by atoms with E-state index in [4.69, 9.17) is 14.2 Å². The molecule has 0 rings (SSSR count). The van der Waals surface area contributed by atoms with Gasteiger partial charge in [0.15, 0.2) is 6.10 Å². The Morgan fingerprint density at radius 2 is 0.509 bits per heavy atom. The minimum absolute atomic E-state index is 0.0630. The molecule has 0 bridgehead atoms. The van der Waals surface area contributed by atoms with Crippen LogP contribution in [0.5, 0.6) is 0 Å². The first kappa shape index (κ1) is 51.4. The monoisotopic (exact) mass is 751 g/mol. The smallest absolute Gasteiger partial charge is 0.306 e. The van der Waals surface area contributed by atoms with E-state index >= 15 is 0 Å². The topological polar surface area (TPSA) is 78.9 Å². The summed E-state index contributed by atoms with van der Waals surface area (Å²) in [6.45, 7) is 6.61. The summed E-state index contributed by atoms with van der Waals surface area (Å²) in [5, 5.41) is 0. The Kier molecular flexibility index (Phi) is 41.8. The second-order valence-electron chi connectivity index (χ2n) is 16.0. The van der Waals surface area contributed by atoms with Gasteiger partial charge in [0.25, 0.3) is 0 Å². The maximum Gasteiger partial charge on any atom is 0.306 e. The normalized spacial score (nSPS) is 11.8. The van der Waals surface area contributed by atoms with E-state index in [1.807, 2.05) is 0 Å². The second-order valence-corrected chi connectivity index (χ2v) is 16.0. The molecule has 6 nitrogen and oxygen atoms in total. The van der Waals surface area contributed by atoms with Gasteiger partial charge in [0.2, 0.25) is 0 Å². The number of hydrogen-bond donors (Lipinski definition) is 0. The number of rotatable bonds is 43. The summed E-state index contributed by atoms with van der Waals surface area (Å²) in [4.78, 5) is 37.6. The van der Waals surface area contributed by atoms with Gasteiger partial charge in [0.1, 0.15) is 13.2 Å². The standard InChI is InChI=1S/C47H90O6/c1-4-7-10-13-16-18-20-21-22-23-24-25-27-28-31-34-37-40-46(49)52-43-44(42-51-45(48)39-36-33-30-15-12-9-6-3)53-47(50)41-38-35-32-29-26-19-17-14-11-8-5-2/h44H,4-43H2,1-3H3. The Morgan fingerprint density at radius 3 is 0.755 bits per heavy atom. The van der Waals surface area contributed by atoms with Crippen LogP contribution in [0.2, 0.25) is 0 Å². The van der Waals surface area contributed by atoms with Crippen molar-refractivity contribution < 1.29 is 28.6 Å². The minimum Gasteiger partial charge on any atom is -0.462 e. The van der Waals surface area contributed by atoms with Crippen LogP contribution in [-0.2, 0) is 28.6 Å². The number of carbonyl (C=O) groups is 3. The quantitative estimate of drug-likeness (QED) is 0.0351. The molecule has 0 aromatic heterocycles. The molecular weight excluding hydrogens is 661 g/mol. The summed E-state index contributed by atoms with van der Waals surface area (Å²) in [6, 6.07) is 0. The maximum atomic E-state index is 12.7. The van der Waals surface area contributed by atoms with Crippen molar-refractivity contribution in [2.45, 2.75) is 271 Å². The molecule has 0 aromatic rings. The molecule has 0 aliphatic rings. The molecule has 0 saturated heterocycles. The molecule has 0 aliphatic carbocycles. The average molecular weight is 751 g/mol. The van der Waals surface area contributed by atoms with Crippen molar-refractivity contribution in [3.63, 3.8) is 0 Å². The van der Waals surface area contributed by atoms with E-state index in [-0.39, 0.29) is 31.1 Å². The summed E-state index contributed by atoms with van der Waals surface area (Å²) < 4.78 is 16.7. The number of hydrogen-bond acceptors (Lipinski definition) is 6. The van der Waals surface area contributed by atoms with Crippen LogP contribution in [0.4, 0.5) is 0 Å². The van der Waals surface area contributed by atoms with Gasteiger partial charge in [0, 0.05) is 19.3 Å². The van der Waals surface area contributed by atoms with Gasteiger partial charge in [-0.15, -0.1) is 0 Å². The zero-order valence-corrected chi connectivity index (χ0v) is 35.8. The van der Waals surface area contributed by atoms with Gasteiger partial charge in [-0.2, -0.15) is 0 Å². The molecule has 0 aromatic carbocycles. The Hall–Kier alpha value is -1.59. The lowest BCUT2D eigenvalue weighted by Gasteiger charge is -2.18. The Balaban J connectivity index is 4.19. The summed E-state index contributed by atoms with van der Waals surface area (Å²) in [5.74, 6) is -0.857. The van der Waals surface area contributed by atoms with Crippen LogP contribution in [0, 0.1) is 0 Å². The molecule has 0 fully saturated rings. The lowest BCUT2D eigenvalue weighted by Crippen LogP contribution is -2.30. The van der Waals surface area contributed by atoms with E-state index in [0.29, 0.717) is 19.3 Å². The van der Waals surface area contributed by atoms with Crippen molar-refractivity contribution in [1.29, 1.82) is 0 Å². The van der Waals surface area contributed by atoms with E-state index in [0.717, 1.165) is 57.8 Å². The Bertz CT molecular complexity index is 783. The second kappa shape index (κ2) is 43.1. The molecule has 314 valence electrons. The molecule has 6 heteroatoms. The first-order valence-corrected chi connectivity index (χ1v) is 23.5. The van der Waals surface area contributed by atoms with Gasteiger partial charge in [-0.05, 0) is 19.3 Å². The largest absolute Gasteiger partial charge is 0.462 e. The number of unbranched alkanes of at least 4 members (excludes halogenated alkanes) is 32. The van der Waals surface area contributed by atoms with Crippen LogP contribution in [0.15, 0.2) is 0 Å². The van der Waals surface area contributed by atoms with Crippen LogP contribution in [0.1, 0.15) is 265 Å². The molecular formula is C47H90O6. The Morgan fingerprint density at radius 1 is 0.302 bits per heavy atom. The molecule has 0 aliphatic heterocycles. The van der Waals surface area contributed by atoms with Gasteiger partial charge in [-0.25, -0.2) is 0 Å². The lowest BCUT2D eigenvalue weighted by molar-refractivity contribution is -0.167. The lowest BCUT2D eigenvalue weighted by atomic mass is 10.0. The molecule has 53 heavy (non-hydrogen) atoms. The fourth-order valence-corrected chi connectivity index (χ4v) is 7.03. The van der Waals surface area contributed by atoms with Crippen LogP contribution >= 0.6 is 0 Å². The minimum atomic E-state index is -0.757. The SMILES string of the molecule is CCCCCCCCCCCCCCCCCCCC(=O)OCC(COC(=O)CCCCCCCCC)OC(=O)CCCCCCCCCCCCC. The predicted octanol–water partition coefficient (Wildman–Crippen LogP) is 14.9.